The third kappa shape index (κ3) is 4.62. The third-order valence-electron chi connectivity index (χ3n) is 5.63. The molecule has 10 heteroatoms. The lowest BCUT2D eigenvalue weighted by Gasteiger charge is -2.32. The summed E-state index contributed by atoms with van der Waals surface area (Å²) in [6.07, 6.45) is 0.585. The van der Waals surface area contributed by atoms with Gasteiger partial charge < -0.3 is 25.4 Å². The lowest BCUT2D eigenvalue weighted by Crippen LogP contribution is -2.45. The van der Waals surface area contributed by atoms with Crippen LogP contribution in [0.1, 0.15) is 27.3 Å². The van der Waals surface area contributed by atoms with Gasteiger partial charge in [-0.15, -0.1) is 11.3 Å². The van der Waals surface area contributed by atoms with Crippen molar-refractivity contribution in [3.8, 4) is 11.5 Å². The first-order chi connectivity index (χ1) is 16.4. The van der Waals surface area contributed by atoms with Gasteiger partial charge >= 0.3 is 6.03 Å². The molecule has 4 rings (SSSR count). The molecule has 9 nitrogen and oxygen atoms in total. The van der Waals surface area contributed by atoms with Crippen LogP contribution in [-0.4, -0.2) is 49.1 Å². The van der Waals surface area contributed by atoms with Crippen molar-refractivity contribution < 1.29 is 19.1 Å². The molecule has 0 atom stereocenters. The van der Waals surface area contributed by atoms with Crippen molar-refractivity contribution in [2.45, 2.75) is 19.9 Å². The number of hydrogen-bond donors (Lipinski definition) is 2. The smallest absolute Gasteiger partial charge is 0.324 e. The van der Waals surface area contributed by atoms with Gasteiger partial charge in [-0.25, -0.2) is 9.78 Å². The van der Waals surface area contributed by atoms with Crippen LogP contribution in [0.4, 0.5) is 21.9 Å². The summed E-state index contributed by atoms with van der Waals surface area (Å²) in [5.41, 5.74) is 8.54. The van der Waals surface area contributed by atoms with Crippen LogP contribution in [0.3, 0.4) is 0 Å². The van der Waals surface area contributed by atoms with Crippen LogP contribution in [0.5, 0.6) is 11.5 Å². The average Bonchev–Trinajstić information content (AvgIpc) is 3.29. The highest BCUT2D eigenvalue weighted by atomic mass is 32.1. The first-order valence-electron chi connectivity index (χ1n) is 10.9. The Hall–Kier alpha value is -3.79. The van der Waals surface area contributed by atoms with Gasteiger partial charge in [0.2, 0.25) is 0 Å². The molecule has 1 aliphatic heterocycles. The Morgan fingerprint density at radius 1 is 1.18 bits per heavy atom. The SMILES string of the molecule is CCN(C(=O)N1CCc2nc(C(=O)Nc3ccccc3N)sc2C1)c1ccc(OC)c(OC)c1. The summed E-state index contributed by atoms with van der Waals surface area (Å²) in [5.74, 6) is 0.852. The lowest BCUT2D eigenvalue weighted by molar-refractivity contribution is 0.102. The van der Waals surface area contributed by atoms with Crippen molar-refractivity contribution in [1.29, 1.82) is 0 Å². The van der Waals surface area contributed by atoms with Crippen LogP contribution < -0.4 is 25.4 Å². The Morgan fingerprint density at radius 2 is 1.94 bits per heavy atom. The third-order valence-corrected chi connectivity index (χ3v) is 6.71. The average molecular weight is 482 g/mol. The van der Waals surface area contributed by atoms with E-state index in [0.29, 0.717) is 53.9 Å². The number of fused-ring (bicyclic) bond motifs is 1. The predicted octanol–water partition coefficient (Wildman–Crippen LogP) is 4.00. The molecule has 3 amide bonds. The number of ether oxygens (including phenoxy) is 2. The number of amides is 3. The van der Waals surface area contributed by atoms with Crippen molar-refractivity contribution in [1.82, 2.24) is 9.88 Å². The molecular formula is C24H27N5O4S. The van der Waals surface area contributed by atoms with Crippen molar-refractivity contribution in [2.75, 3.05) is 43.3 Å². The summed E-state index contributed by atoms with van der Waals surface area (Å²) in [4.78, 5) is 35.0. The van der Waals surface area contributed by atoms with Gasteiger partial charge in [0.05, 0.1) is 37.8 Å². The van der Waals surface area contributed by atoms with E-state index in [9.17, 15) is 9.59 Å². The number of nitrogens with one attached hydrogen (secondary N) is 1. The molecule has 178 valence electrons. The van der Waals surface area contributed by atoms with E-state index in [4.69, 9.17) is 15.2 Å². The monoisotopic (exact) mass is 481 g/mol. The number of rotatable bonds is 6. The topological polar surface area (TPSA) is 110 Å². The van der Waals surface area contributed by atoms with E-state index in [1.165, 1.54) is 11.3 Å². The normalized spacial score (nSPS) is 12.6. The summed E-state index contributed by atoms with van der Waals surface area (Å²) in [7, 11) is 3.14. The number of carbonyl (C=O) groups excluding carboxylic acids is 2. The Balaban J connectivity index is 1.49. The fourth-order valence-electron chi connectivity index (χ4n) is 3.83. The highest BCUT2D eigenvalue weighted by Gasteiger charge is 2.29. The molecule has 3 aromatic rings. The molecule has 0 unspecified atom stereocenters. The van der Waals surface area contributed by atoms with Gasteiger partial charge in [0, 0.05) is 36.1 Å². The number of aromatic nitrogens is 1. The standard InChI is InChI=1S/C24H27N5O4S/c1-4-29(15-9-10-19(32-2)20(13-15)33-3)24(31)28-12-11-18-21(14-28)34-23(27-18)22(30)26-17-8-6-5-7-16(17)25/h5-10,13H,4,11-12,14,25H2,1-3H3,(H,26,30). The largest absolute Gasteiger partial charge is 0.493 e. The fourth-order valence-corrected chi connectivity index (χ4v) is 4.85. The number of benzene rings is 2. The maximum absolute atomic E-state index is 13.4. The number of methoxy groups -OCH3 is 2. The molecule has 0 saturated carbocycles. The zero-order chi connectivity index (χ0) is 24.2. The predicted molar refractivity (Wildman–Crippen MR) is 133 cm³/mol. The summed E-state index contributed by atoms with van der Waals surface area (Å²) in [6.45, 7) is 3.34. The molecule has 1 aromatic heterocycles. The van der Waals surface area contributed by atoms with Crippen molar-refractivity contribution in [2.24, 2.45) is 0 Å². The lowest BCUT2D eigenvalue weighted by atomic mass is 10.2. The van der Waals surface area contributed by atoms with Crippen molar-refractivity contribution in [3.05, 3.63) is 58.0 Å². The second kappa shape index (κ2) is 10.0. The van der Waals surface area contributed by atoms with Crippen LogP contribution in [0.25, 0.3) is 0 Å². The molecule has 3 N–H and O–H groups in total. The summed E-state index contributed by atoms with van der Waals surface area (Å²) in [6, 6.07) is 12.4. The quantitative estimate of drug-likeness (QED) is 0.515. The van der Waals surface area contributed by atoms with E-state index in [1.807, 2.05) is 13.0 Å². The van der Waals surface area contributed by atoms with Gasteiger partial charge in [-0.2, -0.15) is 0 Å². The zero-order valence-electron chi connectivity index (χ0n) is 19.3. The number of nitrogens with zero attached hydrogens (tertiary/aromatic N) is 3. The van der Waals surface area contributed by atoms with E-state index in [2.05, 4.69) is 10.3 Å². The van der Waals surface area contributed by atoms with E-state index >= 15 is 0 Å². The zero-order valence-corrected chi connectivity index (χ0v) is 20.1. The van der Waals surface area contributed by atoms with Crippen molar-refractivity contribution in [3.63, 3.8) is 0 Å². The summed E-state index contributed by atoms with van der Waals surface area (Å²) in [5, 5.41) is 3.17. The Morgan fingerprint density at radius 3 is 2.65 bits per heavy atom. The van der Waals surface area contributed by atoms with E-state index < -0.39 is 0 Å². The van der Waals surface area contributed by atoms with Crippen LogP contribution >= 0.6 is 11.3 Å². The first-order valence-corrected chi connectivity index (χ1v) is 11.7. The number of urea groups is 1. The minimum Gasteiger partial charge on any atom is -0.493 e. The molecule has 0 radical (unpaired) electrons. The number of thiazole rings is 1. The second-order valence-corrected chi connectivity index (χ2v) is 8.75. The van der Waals surface area contributed by atoms with E-state index in [-0.39, 0.29) is 11.9 Å². The molecule has 0 saturated heterocycles. The first kappa shape index (κ1) is 23.4. The van der Waals surface area contributed by atoms with Gasteiger partial charge in [-0.1, -0.05) is 12.1 Å². The molecule has 34 heavy (non-hydrogen) atoms. The molecule has 2 aromatic carbocycles. The number of nitrogens with two attached hydrogens (primary N) is 1. The molecule has 0 fully saturated rings. The summed E-state index contributed by atoms with van der Waals surface area (Å²) >= 11 is 1.30. The van der Waals surface area contributed by atoms with Crippen LogP contribution in [-0.2, 0) is 13.0 Å². The Bertz CT molecular complexity index is 1210. The van der Waals surface area contributed by atoms with Crippen LogP contribution in [0, 0.1) is 0 Å². The maximum Gasteiger partial charge on any atom is 0.324 e. The van der Waals surface area contributed by atoms with E-state index in [1.54, 1.807) is 60.4 Å². The molecule has 1 aliphatic rings. The van der Waals surface area contributed by atoms with Gasteiger partial charge in [-0.3, -0.25) is 9.69 Å². The molecular weight excluding hydrogens is 454 g/mol. The second-order valence-electron chi connectivity index (χ2n) is 7.67. The highest BCUT2D eigenvalue weighted by Crippen LogP contribution is 2.33. The minimum atomic E-state index is -0.310. The number of hydrogen-bond acceptors (Lipinski definition) is 7. The highest BCUT2D eigenvalue weighted by molar-refractivity contribution is 7.13. The Kier molecular flexibility index (Phi) is 6.87. The van der Waals surface area contributed by atoms with Gasteiger partial charge in [0.1, 0.15) is 0 Å². The van der Waals surface area contributed by atoms with E-state index in [0.717, 1.165) is 16.3 Å². The van der Waals surface area contributed by atoms with Gasteiger partial charge in [0.25, 0.3) is 5.91 Å². The number of carbonyl (C=O) groups is 2. The van der Waals surface area contributed by atoms with Gasteiger partial charge in [0.15, 0.2) is 16.5 Å². The number of nitrogen functional groups attached to an aromatic ring is 1. The number of para-hydroxylation sites is 2. The number of anilines is 3. The Labute approximate surface area is 202 Å². The summed E-state index contributed by atoms with van der Waals surface area (Å²) < 4.78 is 10.7. The molecule has 0 spiro atoms. The molecule has 0 bridgehead atoms. The van der Waals surface area contributed by atoms with Crippen molar-refractivity contribution >= 4 is 40.3 Å². The molecule has 0 aliphatic carbocycles. The maximum atomic E-state index is 13.4. The van der Waals surface area contributed by atoms with Crippen LogP contribution in [0.15, 0.2) is 42.5 Å². The van der Waals surface area contributed by atoms with Crippen LogP contribution in [0.2, 0.25) is 0 Å². The fraction of sp³-hybridized carbons (Fsp3) is 0.292. The molecule has 2 heterocycles. The van der Waals surface area contributed by atoms with Gasteiger partial charge in [-0.05, 0) is 31.2 Å². The minimum absolute atomic E-state index is 0.114.